The summed E-state index contributed by atoms with van der Waals surface area (Å²) in [5.74, 6) is -1.73. The van der Waals surface area contributed by atoms with Crippen molar-refractivity contribution in [3.63, 3.8) is 0 Å². The van der Waals surface area contributed by atoms with E-state index >= 15 is 0 Å². The van der Waals surface area contributed by atoms with Crippen LogP contribution in [0.15, 0.2) is 58.5 Å². The lowest BCUT2D eigenvalue weighted by Gasteiger charge is -2.09. The van der Waals surface area contributed by atoms with E-state index in [4.69, 9.17) is 17.3 Å². The van der Waals surface area contributed by atoms with Crippen molar-refractivity contribution in [1.82, 2.24) is 9.97 Å². The molecule has 2 aromatic carbocycles. The van der Waals surface area contributed by atoms with Gasteiger partial charge in [0.05, 0.1) is 5.75 Å². The Bertz CT molecular complexity index is 1150. The molecule has 1 aromatic heterocycles. The van der Waals surface area contributed by atoms with Crippen LogP contribution in [0.2, 0.25) is 5.02 Å². The molecule has 30 heavy (non-hydrogen) atoms. The average molecular weight is 448 g/mol. The van der Waals surface area contributed by atoms with Crippen molar-refractivity contribution >= 4 is 52.4 Å². The molecule has 0 unspecified atom stereocenters. The zero-order valence-corrected chi connectivity index (χ0v) is 16.8. The topological polar surface area (TPSA) is 130 Å². The third-order valence-corrected chi connectivity index (χ3v) is 4.83. The molecule has 0 aliphatic carbocycles. The van der Waals surface area contributed by atoms with Crippen molar-refractivity contribution in [2.24, 2.45) is 0 Å². The number of nitrogens with zero attached hydrogens (tertiary/aromatic N) is 1. The first-order chi connectivity index (χ1) is 14.3. The van der Waals surface area contributed by atoms with Gasteiger partial charge in [0.25, 0.3) is 11.5 Å². The summed E-state index contributed by atoms with van der Waals surface area (Å²) in [6, 6.07) is 11.4. The maximum absolute atomic E-state index is 13.0. The molecule has 3 aromatic rings. The van der Waals surface area contributed by atoms with Gasteiger partial charge in [-0.1, -0.05) is 29.4 Å². The molecule has 8 nitrogen and oxygen atoms in total. The molecule has 0 saturated carbocycles. The van der Waals surface area contributed by atoms with Crippen LogP contribution in [0.3, 0.4) is 0 Å². The van der Waals surface area contributed by atoms with E-state index in [1.807, 2.05) is 0 Å². The van der Waals surface area contributed by atoms with Crippen LogP contribution < -0.4 is 21.9 Å². The van der Waals surface area contributed by atoms with E-state index in [9.17, 15) is 18.8 Å². The highest BCUT2D eigenvalue weighted by Crippen LogP contribution is 2.19. The van der Waals surface area contributed by atoms with Crippen LogP contribution in [0, 0.1) is 5.82 Å². The third kappa shape index (κ3) is 5.58. The van der Waals surface area contributed by atoms with Crippen LogP contribution in [-0.2, 0) is 4.79 Å². The number of nitrogen functional groups attached to an aromatic ring is 1. The number of rotatable bonds is 6. The molecule has 0 aliphatic heterocycles. The number of aromatic amines is 1. The molecule has 0 radical (unpaired) electrons. The highest BCUT2D eigenvalue weighted by molar-refractivity contribution is 7.99. The molecule has 2 amide bonds. The summed E-state index contributed by atoms with van der Waals surface area (Å²) in [4.78, 5) is 43.0. The molecular weight excluding hydrogens is 433 g/mol. The summed E-state index contributed by atoms with van der Waals surface area (Å²) in [5.41, 5.74) is 5.54. The smallest absolute Gasteiger partial charge is 0.277 e. The number of carbonyl (C=O) groups excluding carboxylic acids is 2. The Balaban J connectivity index is 1.64. The second kappa shape index (κ2) is 9.42. The number of amides is 2. The lowest BCUT2D eigenvalue weighted by Crippen LogP contribution is -2.23. The quantitative estimate of drug-likeness (QED) is 0.339. The van der Waals surface area contributed by atoms with E-state index in [-0.39, 0.29) is 33.9 Å². The summed E-state index contributed by atoms with van der Waals surface area (Å²) < 4.78 is 13.0. The van der Waals surface area contributed by atoms with E-state index in [1.54, 1.807) is 24.3 Å². The Morgan fingerprint density at radius 1 is 1.17 bits per heavy atom. The van der Waals surface area contributed by atoms with E-state index in [2.05, 4.69) is 20.6 Å². The van der Waals surface area contributed by atoms with Gasteiger partial charge in [-0.05, 0) is 42.5 Å². The minimum absolute atomic E-state index is 0.0455. The number of benzene rings is 2. The molecule has 0 aliphatic rings. The Morgan fingerprint density at radius 2 is 1.90 bits per heavy atom. The Labute approximate surface area is 179 Å². The van der Waals surface area contributed by atoms with Gasteiger partial charge in [-0.15, -0.1) is 0 Å². The van der Waals surface area contributed by atoms with E-state index < -0.39 is 17.3 Å². The number of halogens is 2. The number of thioether (sulfide) groups is 1. The van der Waals surface area contributed by atoms with Gasteiger partial charge in [-0.2, -0.15) is 0 Å². The van der Waals surface area contributed by atoms with Crippen LogP contribution in [-0.4, -0.2) is 27.5 Å². The normalized spacial score (nSPS) is 10.5. The molecule has 5 N–H and O–H groups in total. The zero-order chi connectivity index (χ0) is 21.7. The number of nitrogens with one attached hydrogen (secondary N) is 3. The predicted octanol–water partition coefficient (Wildman–Crippen LogP) is 3.13. The first kappa shape index (κ1) is 21.3. The van der Waals surface area contributed by atoms with Crippen molar-refractivity contribution in [2.75, 3.05) is 22.1 Å². The molecular formula is C19H15ClFN5O3S. The highest BCUT2D eigenvalue weighted by atomic mass is 35.5. The molecule has 154 valence electrons. The van der Waals surface area contributed by atoms with Crippen molar-refractivity contribution in [3.8, 4) is 0 Å². The van der Waals surface area contributed by atoms with Gasteiger partial charge in [0, 0.05) is 16.3 Å². The SMILES string of the molecule is Nc1nc(SCC(=O)Nc2cccc(Cl)c2)[nH]c(=O)c1NC(=O)c1ccc(F)cc1. The molecule has 0 fully saturated rings. The predicted molar refractivity (Wildman–Crippen MR) is 114 cm³/mol. The first-order valence-electron chi connectivity index (χ1n) is 8.47. The maximum atomic E-state index is 13.0. The first-order valence-corrected chi connectivity index (χ1v) is 9.83. The van der Waals surface area contributed by atoms with Crippen LogP contribution in [0.5, 0.6) is 0 Å². The molecule has 0 atom stereocenters. The van der Waals surface area contributed by atoms with Gasteiger partial charge in [0.15, 0.2) is 11.0 Å². The Hall–Kier alpha value is -3.37. The fraction of sp³-hybridized carbons (Fsp3) is 0.0526. The molecule has 3 rings (SSSR count). The van der Waals surface area contributed by atoms with Crippen molar-refractivity contribution in [1.29, 1.82) is 0 Å². The number of nitrogens with two attached hydrogens (primary N) is 1. The average Bonchev–Trinajstić information content (AvgIpc) is 2.69. The summed E-state index contributed by atoms with van der Waals surface area (Å²) in [6.07, 6.45) is 0. The summed E-state index contributed by atoms with van der Waals surface area (Å²) in [7, 11) is 0. The fourth-order valence-electron chi connectivity index (χ4n) is 2.34. The van der Waals surface area contributed by atoms with Gasteiger partial charge in [0.2, 0.25) is 5.91 Å². The standard InChI is InChI=1S/C19H15ClFN5O3S/c20-11-2-1-3-13(8-11)23-14(27)9-30-19-25-16(22)15(18(29)26-19)24-17(28)10-4-6-12(21)7-5-10/h1-8H,9H2,(H,23,27)(H,24,28)(H3,22,25,26,29). The minimum atomic E-state index is -0.685. The maximum Gasteiger partial charge on any atom is 0.277 e. The van der Waals surface area contributed by atoms with Gasteiger partial charge < -0.3 is 16.4 Å². The second-order valence-corrected chi connectivity index (χ2v) is 7.34. The fourth-order valence-corrected chi connectivity index (χ4v) is 3.20. The number of H-pyrrole nitrogens is 1. The minimum Gasteiger partial charge on any atom is -0.382 e. The monoisotopic (exact) mass is 447 g/mol. The summed E-state index contributed by atoms with van der Waals surface area (Å²) >= 11 is 6.83. The van der Waals surface area contributed by atoms with E-state index in [0.29, 0.717) is 10.7 Å². The van der Waals surface area contributed by atoms with Gasteiger partial charge >= 0.3 is 0 Å². The molecule has 0 saturated heterocycles. The van der Waals surface area contributed by atoms with Crippen LogP contribution in [0.1, 0.15) is 10.4 Å². The van der Waals surface area contributed by atoms with Crippen LogP contribution in [0.25, 0.3) is 0 Å². The lowest BCUT2D eigenvalue weighted by atomic mass is 10.2. The van der Waals surface area contributed by atoms with Gasteiger partial charge in [0.1, 0.15) is 11.5 Å². The Morgan fingerprint density at radius 3 is 2.57 bits per heavy atom. The van der Waals surface area contributed by atoms with Crippen molar-refractivity contribution in [3.05, 3.63) is 75.3 Å². The molecule has 0 spiro atoms. The number of anilines is 3. The van der Waals surface area contributed by atoms with E-state index in [1.165, 1.54) is 12.1 Å². The molecule has 0 bridgehead atoms. The Kier molecular flexibility index (Phi) is 6.70. The van der Waals surface area contributed by atoms with Crippen molar-refractivity contribution in [2.45, 2.75) is 5.16 Å². The second-order valence-electron chi connectivity index (χ2n) is 5.94. The highest BCUT2D eigenvalue weighted by Gasteiger charge is 2.15. The largest absolute Gasteiger partial charge is 0.382 e. The number of carbonyl (C=O) groups is 2. The van der Waals surface area contributed by atoms with Crippen LogP contribution in [0.4, 0.5) is 21.6 Å². The summed E-state index contributed by atoms with van der Waals surface area (Å²) in [6.45, 7) is 0. The number of hydrogen-bond donors (Lipinski definition) is 4. The van der Waals surface area contributed by atoms with E-state index in [0.717, 1.165) is 23.9 Å². The molecule has 11 heteroatoms. The molecule has 1 heterocycles. The number of aromatic nitrogens is 2. The van der Waals surface area contributed by atoms with Gasteiger partial charge in [-0.25, -0.2) is 9.37 Å². The zero-order valence-electron chi connectivity index (χ0n) is 15.2. The summed E-state index contributed by atoms with van der Waals surface area (Å²) in [5, 5.41) is 5.61. The van der Waals surface area contributed by atoms with Gasteiger partial charge in [-0.3, -0.25) is 19.4 Å². The van der Waals surface area contributed by atoms with Crippen LogP contribution >= 0.6 is 23.4 Å². The van der Waals surface area contributed by atoms with Crippen molar-refractivity contribution < 1.29 is 14.0 Å². The third-order valence-electron chi connectivity index (χ3n) is 3.72. The lowest BCUT2D eigenvalue weighted by molar-refractivity contribution is -0.113. The number of hydrogen-bond acceptors (Lipinski definition) is 6.